The Bertz CT molecular complexity index is 625. The third-order valence-corrected chi connectivity index (χ3v) is 2.31. The molecule has 0 aliphatic heterocycles. The van der Waals surface area contributed by atoms with Gasteiger partial charge in [0.25, 0.3) is 11.5 Å². The van der Waals surface area contributed by atoms with Gasteiger partial charge in [0.1, 0.15) is 11.3 Å². The second-order valence-corrected chi connectivity index (χ2v) is 3.36. The first-order chi connectivity index (χ1) is 8.15. The van der Waals surface area contributed by atoms with E-state index in [1.165, 1.54) is 0 Å². The van der Waals surface area contributed by atoms with Crippen LogP contribution in [0.4, 0.5) is 0 Å². The van der Waals surface area contributed by atoms with Gasteiger partial charge in [0.05, 0.1) is 5.69 Å². The van der Waals surface area contributed by atoms with Crippen molar-refractivity contribution in [1.82, 2.24) is 9.78 Å². The minimum atomic E-state index is -0.848. The smallest absolute Gasteiger partial charge is 0.282 e. The normalized spacial score (nSPS) is 10.1. The summed E-state index contributed by atoms with van der Waals surface area (Å²) in [4.78, 5) is 33.6. The highest BCUT2D eigenvalue weighted by atomic mass is 16.2. The Morgan fingerprint density at radius 3 is 2.41 bits per heavy atom. The van der Waals surface area contributed by atoms with Crippen molar-refractivity contribution in [3.8, 4) is 5.69 Å². The number of aldehydes is 1. The third kappa shape index (κ3) is 1.76. The van der Waals surface area contributed by atoms with Crippen molar-refractivity contribution in [2.24, 2.45) is 5.73 Å². The van der Waals surface area contributed by atoms with E-state index < -0.39 is 11.5 Å². The van der Waals surface area contributed by atoms with Crippen LogP contribution in [0.1, 0.15) is 20.8 Å². The molecule has 0 spiro atoms. The van der Waals surface area contributed by atoms with E-state index in [2.05, 4.69) is 5.10 Å². The van der Waals surface area contributed by atoms with Crippen LogP contribution in [0.3, 0.4) is 0 Å². The molecule has 0 aliphatic rings. The highest BCUT2D eigenvalue weighted by Gasteiger charge is 2.17. The molecule has 2 rings (SSSR count). The zero-order valence-corrected chi connectivity index (χ0v) is 8.71. The second kappa shape index (κ2) is 4.09. The van der Waals surface area contributed by atoms with Gasteiger partial charge in [0.15, 0.2) is 6.29 Å². The lowest BCUT2D eigenvalue weighted by Crippen LogP contribution is -2.17. The van der Waals surface area contributed by atoms with Gasteiger partial charge in [-0.25, -0.2) is 4.68 Å². The van der Waals surface area contributed by atoms with Crippen LogP contribution in [0.25, 0.3) is 5.69 Å². The number of nitrogens with one attached hydrogen (secondary N) is 1. The maximum atomic E-state index is 11.8. The van der Waals surface area contributed by atoms with Crippen molar-refractivity contribution in [3.63, 3.8) is 0 Å². The number of carbonyl (C=O) groups is 2. The lowest BCUT2D eigenvalue weighted by molar-refractivity contribution is 0.0988. The van der Waals surface area contributed by atoms with Gasteiger partial charge in [-0.15, -0.1) is 0 Å². The van der Waals surface area contributed by atoms with Crippen molar-refractivity contribution in [2.75, 3.05) is 0 Å². The van der Waals surface area contributed by atoms with Gasteiger partial charge in [-0.3, -0.25) is 19.5 Å². The highest BCUT2D eigenvalue weighted by Crippen LogP contribution is 2.05. The Balaban J connectivity index is 2.70. The summed E-state index contributed by atoms with van der Waals surface area (Å²) >= 11 is 0. The molecule has 0 radical (unpaired) electrons. The average molecular weight is 231 g/mol. The lowest BCUT2D eigenvalue weighted by atomic mass is 10.2. The molecular formula is C11H9N3O3. The Morgan fingerprint density at radius 2 is 1.94 bits per heavy atom. The van der Waals surface area contributed by atoms with Gasteiger partial charge in [0, 0.05) is 0 Å². The summed E-state index contributed by atoms with van der Waals surface area (Å²) in [6, 6.07) is 8.57. The van der Waals surface area contributed by atoms with Crippen LogP contribution in [0, 0.1) is 0 Å². The first-order valence-electron chi connectivity index (χ1n) is 4.80. The maximum absolute atomic E-state index is 11.8. The van der Waals surface area contributed by atoms with Crippen molar-refractivity contribution < 1.29 is 9.59 Å². The molecule has 0 saturated carbocycles. The fraction of sp³-hybridized carbons (Fsp3) is 0. The van der Waals surface area contributed by atoms with Gasteiger partial charge >= 0.3 is 0 Å². The molecule has 1 aromatic carbocycles. The third-order valence-electron chi connectivity index (χ3n) is 2.31. The molecule has 0 aliphatic carbocycles. The lowest BCUT2D eigenvalue weighted by Gasteiger charge is -1.99. The number of para-hydroxylation sites is 1. The van der Waals surface area contributed by atoms with Crippen molar-refractivity contribution >= 4 is 12.2 Å². The van der Waals surface area contributed by atoms with Gasteiger partial charge < -0.3 is 5.73 Å². The fourth-order valence-corrected chi connectivity index (χ4v) is 1.51. The zero-order valence-electron chi connectivity index (χ0n) is 8.71. The zero-order chi connectivity index (χ0) is 12.4. The average Bonchev–Trinajstić information content (AvgIpc) is 2.67. The molecule has 0 bridgehead atoms. The van der Waals surface area contributed by atoms with Gasteiger partial charge in [-0.2, -0.15) is 0 Å². The van der Waals surface area contributed by atoms with Crippen LogP contribution in [0.5, 0.6) is 0 Å². The summed E-state index contributed by atoms with van der Waals surface area (Å²) in [5.74, 6) is -0.848. The van der Waals surface area contributed by atoms with Crippen molar-refractivity contribution in [3.05, 3.63) is 51.9 Å². The summed E-state index contributed by atoms with van der Waals surface area (Å²) < 4.78 is 1.10. The Morgan fingerprint density at radius 1 is 1.29 bits per heavy atom. The van der Waals surface area contributed by atoms with Crippen molar-refractivity contribution in [1.29, 1.82) is 0 Å². The first-order valence-corrected chi connectivity index (χ1v) is 4.80. The number of primary amides is 1. The van der Waals surface area contributed by atoms with Crippen molar-refractivity contribution in [2.45, 2.75) is 0 Å². The fourth-order valence-electron chi connectivity index (χ4n) is 1.51. The summed E-state index contributed by atoms with van der Waals surface area (Å²) in [6.45, 7) is 0. The molecule has 86 valence electrons. The summed E-state index contributed by atoms with van der Waals surface area (Å²) in [7, 11) is 0. The largest absolute Gasteiger partial charge is 0.364 e. The Labute approximate surface area is 95.7 Å². The quantitative estimate of drug-likeness (QED) is 0.731. The Kier molecular flexibility index (Phi) is 2.61. The van der Waals surface area contributed by atoms with Crippen LogP contribution in [0.15, 0.2) is 35.1 Å². The number of hydrogen-bond donors (Lipinski definition) is 2. The monoisotopic (exact) mass is 231 g/mol. The van der Waals surface area contributed by atoms with Gasteiger partial charge in [-0.05, 0) is 12.1 Å². The van der Waals surface area contributed by atoms with E-state index in [0.29, 0.717) is 12.0 Å². The van der Waals surface area contributed by atoms with Crippen LogP contribution < -0.4 is 11.3 Å². The number of amides is 1. The molecule has 0 saturated heterocycles. The number of nitrogens with zero attached hydrogens (tertiary/aromatic N) is 1. The Hall–Kier alpha value is -2.63. The minimum absolute atomic E-state index is 0.186. The summed E-state index contributed by atoms with van der Waals surface area (Å²) in [5, 5.41) is 2.52. The molecule has 3 N–H and O–H groups in total. The number of aromatic nitrogens is 2. The molecular weight excluding hydrogens is 222 g/mol. The number of nitrogens with two attached hydrogens (primary N) is 1. The highest BCUT2D eigenvalue weighted by molar-refractivity contribution is 5.98. The molecule has 0 unspecified atom stereocenters. The number of benzene rings is 1. The summed E-state index contributed by atoms with van der Waals surface area (Å²) in [5.41, 5.74) is 4.54. The van der Waals surface area contributed by atoms with E-state index in [9.17, 15) is 14.4 Å². The predicted octanol–water partition coefficient (Wildman–Crippen LogP) is 0.0770. The standard InChI is InChI=1S/C11H9N3O3/c12-10(16)9-8(6-15)11(17)14(13-9)7-4-2-1-3-5-7/h1-6,13H,(H2,12,16). The van der Waals surface area contributed by atoms with E-state index in [1.807, 2.05) is 0 Å². The van der Waals surface area contributed by atoms with Crippen LogP contribution >= 0.6 is 0 Å². The number of aromatic amines is 1. The predicted molar refractivity (Wildman–Crippen MR) is 60.3 cm³/mol. The molecule has 1 heterocycles. The maximum Gasteiger partial charge on any atom is 0.282 e. The number of rotatable bonds is 3. The topological polar surface area (TPSA) is 97.9 Å². The van der Waals surface area contributed by atoms with Crippen LogP contribution in [0.2, 0.25) is 0 Å². The minimum Gasteiger partial charge on any atom is -0.364 e. The summed E-state index contributed by atoms with van der Waals surface area (Å²) in [6.07, 6.45) is 0.318. The van der Waals surface area contributed by atoms with E-state index in [4.69, 9.17) is 5.73 Å². The van der Waals surface area contributed by atoms with Gasteiger partial charge in [-0.1, -0.05) is 18.2 Å². The molecule has 0 fully saturated rings. The molecule has 0 atom stereocenters. The molecule has 1 aromatic heterocycles. The SMILES string of the molecule is NC(=O)c1[nH]n(-c2ccccc2)c(=O)c1C=O. The number of hydrogen-bond acceptors (Lipinski definition) is 3. The van der Waals surface area contributed by atoms with Gasteiger partial charge in [0.2, 0.25) is 0 Å². The first kappa shape index (κ1) is 10.9. The van der Waals surface area contributed by atoms with E-state index in [0.717, 1.165) is 4.68 Å². The van der Waals surface area contributed by atoms with Crippen LogP contribution in [-0.4, -0.2) is 22.0 Å². The van der Waals surface area contributed by atoms with Crippen LogP contribution in [-0.2, 0) is 0 Å². The number of H-pyrrole nitrogens is 1. The molecule has 6 heteroatoms. The molecule has 6 nitrogen and oxygen atoms in total. The van der Waals surface area contributed by atoms with E-state index in [-0.39, 0.29) is 11.3 Å². The molecule has 1 amide bonds. The second-order valence-electron chi connectivity index (χ2n) is 3.36. The molecule has 17 heavy (non-hydrogen) atoms. The van der Waals surface area contributed by atoms with E-state index >= 15 is 0 Å². The number of carbonyl (C=O) groups excluding carboxylic acids is 2. The van der Waals surface area contributed by atoms with E-state index in [1.54, 1.807) is 30.3 Å². The molecule has 2 aromatic rings.